The number of carbonyl (C=O) groups excluding carboxylic acids is 1. The maximum Gasteiger partial charge on any atom is 0.338 e. The van der Waals surface area contributed by atoms with Crippen molar-refractivity contribution < 1.29 is 14.1 Å². The number of hydrogen-bond acceptors (Lipinski definition) is 6. The Balaban J connectivity index is 1.51. The Kier molecular flexibility index (Phi) is 5.84. The molecule has 1 atom stereocenters. The van der Waals surface area contributed by atoms with Gasteiger partial charge < -0.3 is 14.2 Å². The largest absolute Gasteiger partial charge is 0.465 e. The summed E-state index contributed by atoms with van der Waals surface area (Å²) in [6.45, 7) is 1.90. The first kappa shape index (κ1) is 20.1. The lowest BCUT2D eigenvalue weighted by atomic mass is 9.79. The monoisotopic (exact) mass is 405 g/mol. The topological polar surface area (TPSA) is 68.5 Å². The van der Waals surface area contributed by atoms with Gasteiger partial charge in [0.25, 0.3) is 0 Å². The van der Waals surface area contributed by atoms with Gasteiger partial charge in [-0.15, -0.1) is 0 Å². The molecule has 1 aliphatic rings. The van der Waals surface area contributed by atoms with Gasteiger partial charge in [0, 0.05) is 31.2 Å². The molecule has 6 nitrogen and oxygen atoms in total. The zero-order valence-corrected chi connectivity index (χ0v) is 17.7. The van der Waals surface area contributed by atoms with E-state index in [0.29, 0.717) is 11.5 Å². The van der Waals surface area contributed by atoms with E-state index in [1.807, 2.05) is 20.0 Å². The summed E-state index contributed by atoms with van der Waals surface area (Å²) in [5.41, 5.74) is 5.49. The molecular formula is C24H27N3O3. The Morgan fingerprint density at radius 2 is 2.17 bits per heavy atom. The van der Waals surface area contributed by atoms with Crippen LogP contribution < -0.4 is 4.90 Å². The predicted octanol–water partition coefficient (Wildman–Crippen LogP) is 4.99. The van der Waals surface area contributed by atoms with Crippen molar-refractivity contribution in [3.63, 3.8) is 0 Å². The number of aromatic nitrogens is 2. The molecule has 156 valence electrons. The molecule has 3 aromatic rings. The molecule has 0 saturated heterocycles. The summed E-state index contributed by atoms with van der Waals surface area (Å²) in [4.78, 5) is 18.3. The van der Waals surface area contributed by atoms with Crippen molar-refractivity contribution in [2.45, 2.75) is 44.9 Å². The van der Waals surface area contributed by atoms with E-state index in [0.717, 1.165) is 42.1 Å². The third-order valence-corrected chi connectivity index (χ3v) is 5.98. The number of fused-ring (bicyclic) bond motifs is 1. The van der Waals surface area contributed by atoms with E-state index < -0.39 is 0 Å². The van der Waals surface area contributed by atoms with Gasteiger partial charge in [-0.2, -0.15) is 0 Å². The van der Waals surface area contributed by atoms with Gasteiger partial charge in [-0.05, 0) is 79.8 Å². The Hall–Kier alpha value is -3.15. The van der Waals surface area contributed by atoms with Crippen molar-refractivity contribution in [3.05, 3.63) is 70.7 Å². The molecule has 0 radical (unpaired) electrons. The number of hydrogen-bond donors (Lipinski definition) is 0. The molecule has 1 aliphatic carbocycles. The fraction of sp³-hybridized carbons (Fsp3) is 0.375. The van der Waals surface area contributed by atoms with Crippen LogP contribution in [-0.2, 0) is 17.6 Å². The highest BCUT2D eigenvalue weighted by atomic mass is 16.5. The van der Waals surface area contributed by atoms with Crippen LogP contribution in [0.2, 0.25) is 0 Å². The van der Waals surface area contributed by atoms with E-state index >= 15 is 0 Å². The molecule has 6 heteroatoms. The fourth-order valence-electron chi connectivity index (χ4n) is 4.32. The van der Waals surface area contributed by atoms with Gasteiger partial charge in [0.15, 0.2) is 5.82 Å². The number of methoxy groups -OCH3 is 1. The summed E-state index contributed by atoms with van der Waals surface area (Å²) in [6.07, 6.45) is 8.64. The second-order valence-corrected chi connectivity index (χ2v) is 7.89. The van der Waals surface area contributed by atoms with E-state index in [9.17, 15) is 4.79 Å². The van der Waals surface area contributed by atoms with Crippen molar-refractivity contribution in [3.8, 4) is 0 Å². The highest BCUT2D eigenvalue weighted by molar-refractivity contribution is 5.90. The van der Waals surface area contributed by atoms with Crippen LogP contribution in [0, 0.1) is 6.92 Å². The van der Waals surface area contributed by atoms with Crippen LogP contribution >= 0.6 is 0 Å². The van der Waals surface area contributed by atoms with Gasteiger partial charge in [-0.25, -0.2) is 4.79 Å². The summed E-state index contributed by atoms with van der Waals surface area (Å²) < 4.78 is 10.1. The lowest BCUT2D eigenvalue weighted by Gasteiger charge is -2.27. The second-order valence-electron chi connectivity index (χ2n) is 7.89. The summed E-state index contributed by atoms with van der Waals surface area (Å²) in [5, 5.41) is 4.12. The molecule has 0 spiro atoms. The number of benzene rings is 1. The van der Waals surface area contributed by atoms with Crippen molar-refractivity contribution in [2.75, 3.05) is 19.1 Å². The molecule has 0 bridgehead atoms. The normalized spacial score (nSPS) is 15.5. The number of nitrogens with zero attached hydrogens (tertiary/aromatic N) is 3. The average molecular weight is 405 g/mol. The molecular weight excluding hydrogens is 378 g/mol. The van der Waals surface area contributed by atoms with Crippen molar-refractivity contribution in [1.82, 2.24) is 10.1 Å². The minimum Gasteiger partial charge on any atom is -0.465 e. The van der Waals surface area contributed by atoms with E-state index in [1.54, 1.807) is 18.5 Å². The molecule has 1 aromatic carbocycles. The SMILES string of the molecule is COC(=O)c1ccncc1CC[C@@H]1CCCc2cc(N(C)c3cc(C)on3)ccc21. The summed E-state index contributed by atoms with van der Waals surface area (Å²) >= 11 is 0. The van der Waals surface area contributed by atoms with E-state index in [-0.39, 0.29) is 5.97 Å². The molecule has 0 fully saturated rings. The van der Waals surface area contributed by atoms with E-state index in [4.69, 9.17) is 9.26 Å². The summed E-state index contributed by atoms with van der Waals surface area (Å²) in [5.74, 6) is 1.80. The van der Waals surface area contributed by atoms with Gasteiger partial charge in [-0.3, -0.25) is 4.98 Å². The zero-order chi connectivity index (χ0) is 21.1. The number of anilines is 2. The summed E-state index contributed by atoms with van der Waals surface area (Å²) in [6, 6.07) is 10.4. The molecule has 0 saturated carbocycles. The van der Waals surface area contributed by atoms with Gasteiger partial charge in [-0.1, -0.05) is 11.2 Å². The van der Waals surface area contributed by atoms with Crippen LogP contribution in [0.1, 0.15) is 58.0 Å². The molecule has 0 N–H and O–H groups in total. The molecule has 0 aliphatic heterocycles. The van der Waals surface area contributed by atoms with Gasteiger partial charge in [0.1, 0.15) is 5.76 Å². The minimum absolute atomic E-state index is 0.299. The standard InChI is InChI=1S/C24H27N3O3/c1-16-13-23(26-30-16)27(2)20-9-10-21-17(5-4-6-18(21)14-20)7-8-19-15-25-12-11-22(19)24(28)29-3/h9-15,17H,4-8H2,1-3H3/t17-/m0/s1. The molecule has 4 rings (SSSR count). The van der Waals surface area contributed by atoms with Crippen molar-refractivity contribution in [1.29, 1.82) is 0 Å². The first-order valence-electron chi connectivity index (χ1n) is 10.4. The van der Waals surface area contributed by atoms with E-state index in [2.05, 4.69) is 33.2 Å². The molecule has 2 heterocycles. The lowest BCUT2D eigenvalue weighted by molar-refractivity contribution is 0.0599. The van der Waals surface area contributed by atoms with Crippen LogP contribution in [0.25, 0.3) is 0 Å². The van der Waals surface area contributed by atoms with Gasteiger partial charge >= 0.3 is 5.97 Å². The second kappa shape index (κ2) is 8.69. The molecule has 0 unspecified atom stereocenters. The quantitative estimate of drug-likeness (QED) is 0.539. The van der Waals surface area contributed by atoms with Gasteiger partial charge in [0.05, 0.1) is 12.7 Å². The van der Waals surface area contributed by atoms with Crippen LogP contribution in [0.5, 0.6) is 0 Å². The predicted molar refractivity (Wildman–Crippen MR) is 115 cm³/mol. The Morgan fingerprint density at radius 1 is 1.30 bits per heavy atom. The van der Waals surface area contributed by atoms with Crippen molar-refractivity contribution in [2.24, 2.45) is 0 Å². The molecule has 0 amide bonds. The Morgan fingerprint density at radius 3 is 2.93 bits per heavy atom. The number of pyridine rings is 1. The first-order valence-corrected chi connectivity index (χ1v) is 10.4. The Labute approximate surface area is 176 Å². The van der Waals surface area contributed by atoms with E-state index in [1.165, 1.54) is 31.1 Å². The highest BCUT2D eigenvalue weighted by Crippen LogP contribution is 2.37. The van der Waals surface area contributed by atoms with Crippen LogP contribution in [0.4, 0.5) is 11.5 Å². The average Bonchev–Trinajstić information content (AvgIpc) is 3.22. The maximum atomic E-state index is 12.0. The lowest BCUT2D eigenvalue weighted by Crippen LogP contribution is -2.15. The number of ether oxygens (including phenoxy) is 1. The van der Waals surface area contributed by atoms with Crippen LogP contribution in [0.15, 0.2) is 47.2 Å². The van der Waals surface area contributed by atoms with Gasteiger partial charge in [0.2, 0.25) is 0 Å². The number of carbonyl (C=O) groups is 1. The van der Waals surface area contributed by atoms with Crippen LogP contribution in [-0.4, -0.2) is 30.3 Å². The maximum absolute atomic E-state index is 12.0. The number of esters is 1. The smallest absolute Gasteiger partial charge is 0.338 e. The Bertz CT molecular complexity index is 1040. The minimum atomic E-state index is -0.299. The summed E-state index contributed by atoms with van der Waals surface area (Å²) in [7, 11) is 3.43. The third-order valence-electron chi connectivity index (χ3n) is 5.98. The molecule has 2 aromatic heterocycles. The highest BCUT2D eigenvalue weighted by Gasteiger charge is 2.22. The first-order chi connectivity index (χ1) is 14.6. The zero-order valence-electron chi connectivity index (χ0n) is 17.7. The number of rotatable bonds is 6. The third kappa shape index (κ3) is 4.08. The fourth-order valence-corrected chi connectivity index (χ4v) is 4.32. The number of aryl methyl sites for hydroxylation is 3. The van der Waals surface area contributed by atoms with Crippen LogP contribution in [0.3, 0.4) is 0 Å². The molecule has 30 heavy (non-hydrogen) atoms. The van der Waals surface area contributed by atoms with Crippen molar-refractivity contribution >= 4 is 17.5 Å².